The summed E-state index contributed by atoms with van der Waals surface area (Å²) in [5.41, 5.74) is 6.99. The summed E-state index contributed by atoms with van der Waals surface area (Å²) in [6.07, 6.45) is 0. The molecular weight excluding hydrogens is 304 g/mol. The van der Waals surface area contributed by atoms with Gasteiger partial charge in [0.1, 0.15) is 23.1 Å². The number of hydrogen-bond acceptors (Lipinski definition) is 3. The molecule has 1 aromatic carbocycles. The van der Waals surface area contributed by atoms with E-state index in [2.05, 4.69) is 10.1 Å². The van der Waals surface area contributed by atoms with Crippen LogP contribution in [0.1, 0.15) is 16.2 Å². The molecule has 3 heterocycles. The summed E-state index contributed by atoms with van der Waals surface area (Å²) in [7, 11) is 0. The Hall–Kier alpha value is -2.90. The molecule has 4 rings (SSSR count). The van der Waals surface area contributed by atoms with Crippen LogP contribution in [-0.2, 0) is 13.1 Å². The quantitative estimate of drug-likeness (QED) is 0.719. The molecule has 8 heteroatoms. The van der Waals surface area contributed by atoms with Gasteiger partial charge in [-0.05, 0) is 12.1 Å². The van der Waals surface area contributed by atoms with Crippen molar-refractivity contribution in [2.45, 2.75) is 13.1 Å². The number of hydrogen-bond donors (Lipinski definition) is 2. The number of rotatable bonds is 1. The van der Waals surface area contributed by atoms with Crippen LogP contribution in [0, 0.1) is 11.6 Å². The fraction of sp³-hybridized carbons (Fsp3) is 0.200. The number of nitrogens with zero attached hydrogens (tertiary/aromatic N) is 3. The summed E-state index contributed by atoms with van der Waals surface area (Å²) in [6.45, 7) is 1.38. The van der Waals surface area contributed by atoms with E-state index in [1.807, 2.05) is 0 Å². The van der Waals surface area contributed by atoms with Crippen molar-refractivity contribution in [1.29, 1.82) is 0 Å². The molecule has 0 saturated carbocycles. The number of nitrogens with one attached hydrogen (secondary N) is 1. The van der Waals surface area contributed by atoms with Crippen LogP contribution in [0.4, 0.5) is 14.6 Å². The molecule has 1 aliphatic rings. The zero-order chi connectivity index (χ0) is 16.1. The predicted molar refractivity (Wildman–Crippen MR) is 79.6 cm³/mol. The van der Waals surface area contributed by atoms with Gasteiger partial charge < -0.3 is 15.6 Å². The Morgan fingerprint density at radius 1 is 1.22 bits per heavy atom. The van der Waals surface area contributed by atoms with Crippen LogP contribution in [0.15, 0.2) is 24.3 Å². The van der Waals surface area contributed by atoms with Gasteiger partial charge in [-0.1, -0.05) is 0 Å². The highest BCUT2D eigenvalue weighted by Crippen LogP contribution is 2.23. The number of aromatic amines is 1. The minimum absolute atomic E-state index is 0.195. The predicted octanol–water partition coefficient (Wildman–Crippen LogP) is 1.88. The van der Waals surface area contributed by atoms with E-state index in [1.165, 1.54) is 12.1 Å². The summed E-state index contributed by atoms with van der Waals surface area (Å²) >= 11 is 0. The second kappa shape index (κ2) is 4.80. The molecule has 3 N–H and O–H groups in total. The molecule has 1 aliphatic heterocycles. The maximum atomic E-state index is 13.8. The number of nitrogens with two attached hydrogens (primary N) is 1. The first-order valence-electron chi connectivity index (χ1n) is 7.10. The number of carbonyl (C=O) groups excluding carboxylic acids is 1. The van der Waals surface area contributed by atoms with E-state index in [9.17, 15) is 13.6 Å². The lowest BCUT2D eigenvalue weighted by Crippen LogP contribution is -2.38. The van der Waals surface area contributed by atoms with Gasteiger partial charge in [0.05, 0.1) is 24.3 Å². The van der Waals surface area contributed by atoms with Crippen molar-refractivity contribution in [2.75, 3.05) is 12.3 Å². The van der Waals surface area contributed by atoms with E-state index in [-0.39, 0.29) is 22.5 Å². The first-order valence-corrected chi connectivity index (χ1v) is 7.10. The highest BCUT2D eigenvalue weighted by molar-refractivity contribution is 5.98. The lowest BCUT2D eigenvalue weighted by Gasteiger charge is -2.27. The van der Waals surface area contributed by atoms with Crippen LogP contribution in [0.3, 0.4) is 0 Å². The average molecular weight is 317 g/mol. The largest absolute Gasteiger partial charge is 0.382 e. The van der Waals surface area contributed by atoms with Crippen LogP contribution >= 0.6 is 0 Å². The highest BCUT2D eigenvalue weighted by Gasteiger charge is 2.24. The molecule has 118 valence electrons. The molecule has 6 nitrogen and oxygen atoms in total. The van der Waals surface area contributed by atoms with Gasteiger partial charge in [0.25, 0.3) is 5.91 Å². The second-order valence-electron chi connectivity index (χ2n) is 5.54. The number of anilines is 1. The normalized spacial score (nSPS) is 14.3. The van der Waals surface area contributed by atoms with Crippen molar-refractivity contribution in [2.24, 2.45) is 0 Å². The van der Waals surface area contributed by atoms with Crippen LogP contribution in [0.2, 0.25) is 0 Å². The SMILES string of the molecule is Nc1cc2n(n1)CCN(C(=O)c1cc3c(F)cc(F)cc3[nH]1)C2. The van der Waals surface area contributed by atoms with Crippen molar-refractivity contribution in [3.05, 3.63) is 47.3 Å². The summed E-state index contributed by atoms with van der Waals surface area (Å²) < 4.78 is 28.8. The number of H-pyrrole nitrogens is 1. The van der Waals surface area contributed by atoms with Gasteiger partial charge in [-0.3, -0.25) is 9.48 Å². The van der Waals surface area contributed by atoms with E-state index in [0.717, 1.165) is 11.8 Å². The topological polar surface area (TPSA) is 79.9 Å². The lowest BCUT2D eigenvalue weighted by atomic mass is 10.2. The third-order valence-corrected chi connectivity index (χ3v) is 3.99. The van der Waals surface area contributed by atoms with Gasteiger partial charge in [0.15, 0.2) is 0 Å². The molecule has 0 radical (unpaired) electrons. The van der Waals surface area contributed by atoms with Gasteiger partial charge in [-0.25, -0.2) is 8.78 Å². The fourth-order valence-corrected chi connectivity index (χ4v) is 2.91. The Labute approximate surface area is 129 Å². The van der Waals surface area contributed by atoms with Crippen LogP contribution < -0.4 is 5.73 Å². The van der Waals surface area contributed by atoms with Gasteiger partial charge >= 0.3 is 0 Å². The minimum atomic E-state index is -0.695. The van der Waals surface area contributed by atoms with Gasteiger partial charge in [0.2, 0.25) is 0 Å². The monoisotopic (exact) mass is 317 g/mol. The maximum absolute atomic E-state index is 13.8. The Balaban J connectivity index is 1.66. The Kier molecular flexibility index (Phi) is 2.87. The number of aromatic nitrogens is 3. The first kappa shape index (κ1) is 13.7. The maximum Gasteiger partial charge on any atom is 0.270 e. The molecule has 0 fully saturated rings. The molecule has 0 atom stereocenters. The molecule has 0 bridgehead atoms. The minimum Gasteiger partial charge on any atom is -0.382 e. The number of fused-ring (bicyclic) bond motifs is 2. The van der Waals surface area contributed by atoms with E-state index >= 15 is 0 Å². The summed E-state index contributed by atoms with van der Waals surface area (Å²) in [5, 5.41) is 4.33. The summed E-state index contributed by atoms with van der Waals surface area (Å²) in [4.78, 5) is 17.0. The molecule has 1 amide bonds. The van der Waals surface area contributed by atoms with E-state index < -0.39 is 11.6 Å². The fourth-order valence-electron chi connectivity index (χ4n) is 2.91. The van der Waals surface area contributed by atoms with Crippen LogP contribution in [0.25, 0.3) is 10.9 Å². The smallest absolute Gasteiger partial charge is 0.270 e. The molecule has 23 heavy (non-hydrogen) atoms. The van der Waals surface area contributed by atoms with E-state index in [0.29, 0.717) is 25.5 Å². The molecule has 2 aromatic heterocycles. The third kappa shape index (κ3) is 2.23. The second-order valence-corrected chi connectivity index (χ2v) is 5.54. The highest BCUT2D eigenvalue weighted by atomic mass is 19.1. The van der Waals surface area contributed by atoms with Crippen molar-refractivity contribution in [3.63, 3.8) is 0 Å². The van der Waals surface area contributed by atoms with Crippen LogP contribution in [0.5, 0.6) is 0 Å². The Morgan fingerprint density at radius 3 is 2.87 bits per heavy atom. The molecule has 0 spiro atoms. The molecule has 0 unspecified atom stereocenters. The number of amides is 1. The van der Waals surface area contributed by atoms with Crippen molar-refractivity contribution < 1.29 is 13.6 Å². The van der Waals surface area contributed by atoms with E-state index in [1.54, 1.807) is 15.6 Å². The van der Waals surface area contributed by atoms with Crippen LogP contribution in [-0.4, -0.2) is 32.1 Å². The standard InChI is InChI=1S/C15H13F2N5O/c16-8-3-11(17)10-6-13(19-12(10)4-8)15(23)21-1-2-22-9(7-21)5-14(18)20-22/h3-6,19H,1-2,7H2,(H2,18,20). The van der Waals surface area contributed by atoms with Gasteiger partial charge in [0, 0.05) is 24.1 Å². The Bertz CT molecular complexity index is 929. The number of nitrogen functional groups attached to an aromatic ring is 1. The Morgan fingerprint density at radius 2 is 2.04 bits per heavy atom. The number of halogens is 2. The van der Waals surface area contributed by atoms with E-state index in [4.69, 9.17) is 5.73 Å². The summed E-state index contributed by atoms with van der Waals surface area (Å²) in [6, 6.07) is 5.10. The zero-order valence-corrected chi connectivity index (χ0v) is 12.0. The zero-order valence-electron chi connectivity index (χ0n) is 12.0. The average Bonchev–Trinajstić information content (AvgIpc) is 3.07. The van der Waals surface area contributed by atoms with Gasteiger partial charge in [-0.15, -0.1) is 0 Å². The molecular formula is C15H13F2N5O. The lowest BCUT2D eigenvalue weighted by molar-refractivity contribution is 0.0701. The molecule has 3 aromatic rings. The van der Waals surface area contributed by atoms with Crippen molar-refractivity contribution >= 4 is 22.6 Å². The van der Waals surface area contributed by atoms with Crippen molar-refractivity contribution in [3.8, 4) is 0 Å². The summed E-state index contributed by atoms with van der Waals surface area (Å²) in [5.74, 6) is -1.24. The van der Waals surface area contributed by atoms with Crippen molar-refractivity contribution in [1.82, 2.24) is 19.7 Å². The first-order chi connectivity index (χ1) is 11.0. The molecule has 0 aliphatic carbocycles. The number of carbonyl (C=O) groups is 1. The molecule has 0 saturated heterocycles. The third-order valence-electron chi connectivity index (χ3n) is 3.99. The number of benzene rings is 1. The van der Waals surface area contributed by atoms with Gasteiger partial charge in [-0.2, -0.15) is 5.10 Å².